The summed E-state index contributed by atoms with van der Waals surface area (Å²) < 4.78 is 0. The van der Waals surface area contributed by atoms with Gasteiger partial charge >= 0.3 is 0 Å². The fraction of sp³-hybridized carbons (Fsp3) is 0.357. The lowest BCUT2D eigenvalue weighted by molar-refractivity contribution is -0.117. The Morgan fingerprint density at radius 2 is 2.07 bits per heavy atom. The van der Waals surface area contributed by atoms with Gasteiger partial charge < -0.3 is 0 Å². The summed E-state index contributed by atoms with van der Waals surface area (Å²) in [5, 5.41) is 0. The van der Waals surface area contributed by atoms with Gasteiger partial charge in [-0.2, -0.15) is 0 Å². The Balaban J connectivity index is 2.74. The minimum absolute atomic E-state index is 0.193. The van der Waals surface area contributed by atoms with E-state index in [1.807, 2.05) is 13.8 Å². The van der Waals surface area contributed by atoms with Crippen LogP contribution in [0.4, 0.5) is 0 Å². The number of ketones is 1. The molecule has 0 amide bonds. The van der Waals surface area contributed by atoms with Gasteiger partial charge in [-0.15, -0.1) is 5.92 Å². The number of aryl methyl sites for hydroxylation is 2. The van der Waals surface area contributed by atoms with Gasteiger partial charge in [-0.3, -0.25) is 4.79 Å². The number of hydrogen-bond donors (Lipinski definition) is 0. The lowest BCUT2D eigenvalue weighted by Crippen LogP contribution is -2.03. The van der Waals surface area contributed by atoms with Gasteiger partial charge in [-0.25, -0.2) is 0 Å². The molecule has 0 aromatic heterocycles. The zero-order chi connectivity index (χ0) is 11.3. The summed E-state index contributed by atoms with van der Waals surface area (Å²) in [6.07, 6.45) is 0.867. The fourth-order valence-corrected chi connectivity index (χ4v) is 1.45. The van der Waals surface area contributed by atoms with Gasteiger partial charge in [0.25, 0.3) is 0 Å². The van der Waals surface area contributed by atoms with Crippen LogP contribution >= 0.6 is 0 Å². The molecule has 0 spiro atoms. The Kier molecular flexibility index (Phi) is 4.12. The summed E-state index contributed by atoms with van der Waals surface area (Å²) in [5.41, 5.74) is 3.50. The van der Waals surface area contributed by atoms with Crippen molar-refractivity contribution in [3.63, 3.8) is 0 Å². The van der Waals surface area contributed by atoms with Gasteiger partial charge in [0.05, 0.1) is 6.42 Å². The molecule has 0 aliphatic carbocycles. The molecular formula is C14H16O. The van der Waals surface area contributed by atoms with Crippen molar-refractivity contribution in [3.8, 4) is 11.8 Å². The van der Waals surface area contributed by atoms with E-state index in [9.17, 15) is 4.79 Å². The van der Waals surface area contributed by atoms with Crippen LogP contribution in [0.15, 0.2) is 18.2 Å². The number of rotatable bonds is 3. The molecule has 0 heterocycles. The molecule has 15 heavy (non-hydrogen) atoms. The summed E-state index contributed by atoms with van der Waals surface area (Å²) in [4.78, 5) is 11.5. The first-order valence-electron chi connectivity index (χ1n) is 5.11. The number of Topliss-reactive ketones (excluding diaryl/α,β-unsaturated/α-hetero) is 1. The van der Waals surface area contributed by atoms with Gasteiger partial charge in [0, 0.05) is 6.42 Å². The van der Waals surface area contributed by atoms with Crippen molar-refractivity contribution in [1.82, 2.24) is 0 Å². The maximum atomic E-state index is 11.5. The minimum Gasteiger partial charge on any atom is -0.298 e. The van der Waals surface area contributed by atoms with Crippen LogP contribution in [0.2, 0.25) is 0 Å². The van der Waals surface area contributed by atoms with E-state index in [0.717, 1.165) is 5.56 Å². The maximum absolute atomic E-state index is 11.5. The molecule has 0 atom stereocenters. The van der Waals surface area contributed by atoms with E-state index in [2.05, 4.69) is 30.0 Å². The third-order valence-corrected chi connectivity index (χ3v) is 2.35. The van der Waals surface area contributed by atoms with Gasteiger partial charge in [0.1, 0.15) is 5.78 Å². The lowest BCUT2D eigenvalue weighted by atomic mass is 10.00. The van der Waals surface area contributed by atoms with Gasteiger partial charge in [0.15, 0.2) is 0 Å². The molecule has 1 nitrogen and oxygen atoms in total. The molecule has 0 aliphatic rings. The van der Waals surface area contributed by atoms with E-state index in [-0.39, 0.29) is 5.78 Å². The van der Waals surface area contributed by atoms with Crippen LogP contribution in [-0.4, -0.2) is 5.78 Å². The molecule has 0 unspecified atom stereocenters. The van der Waals surface area contributed by atoms with Crippen molar-refractivity contribution in [2.24, 2.45) is 0 Å². The van der Waals surface area contributed by atoms with Crippen molar-refractivity contribution in [2.45, 2.75) is 33.6 Å². The van der Waals surface area contributed by atoms with Crippen molar-refractivity contribution < 1.29 is 4.79 Å². The molecule has 1 aromatic carbocycles. The summed E-state index contributed by atoms with van der Waals surface area (Å²) >= 11 is 0. The molecule has 1 heteroatoms. The second-order valence-corrected chi connectivity index (χ2v) is 3.75. The minimum atomic E-state index is 0.193. The Hall–Kier alpha value is -1.55. The molecule has 0 saturated carbocycles. The zero-order valence-electron chi connectivity index (χ0n) is 9.55. The first-order valence-corrected chi connectivity index (χ1v) is 5.11. The molecule has 78 valence electrons. The quantitative estimate of drug-likeness (QED) is 0.686. The first-order chi connectivity index (χ1) is 7.13. The van der Waals surface area contributed by atoms with Crippen molar-refractivity contribution in [3.05, 3.63) is 34.9 Å². The standard InChI is InChI=1S/C14H16O/c1-4-5-6-14(15)10-13-9-11(2)7-8-12(13)3/h7-9H,6,10H2,1-3H3. The first kappa shape index (κ1) is 11.5. The highest BCUT2D eigenvalue weighted by Gasteiger charge is 2.04. The molecule has 0 fully saturated rings. The molecule has 0 aliphatic heterocycles. The number of carbonyl (C=O) groups is 1. The molecule has 0 N–H and O–H groups in total. The highest BCUT2D eigenvalue weighted by Crippen LogP contribution is 2.12. The van der Waals surface area contributed by atoms with Crippen molar-refractivity contribution >= 4 is 5.78 Å². The van der Waals surface area contributed by atoms with Crippen LogP contribution in [0, 0.1) is 25.7 Å². The normalized spacial score (nSPS) is 9.27. The van der Waals surface area contributed by atoms with E-state index in [1.165, 1.54) is 11.1 Å². The van der Waals surface area contributed by atoms with Crippen LogP contribution < -0.4 is 0 Å². The SMILES string of the molecule is CC#CCC(=O)Cc1cc(C)ccc1C. The molecule has 0 radical (unpaired) electrons. The Morgan fingerprint density at radius 3 is 2.73 bits per heavy atom. The topological polar surface area (TPSA) is 17.1 Å². The van der Waals surface area contributed by atoms with E-state index < -0.39 is 0 Å². The Labute approximate surface area is 91.5 Å². The van der Waals surface area contributed by atoms with Crippen molar-refractivity contribution in [1.29, 1.82) is 0 Å². The molecule has 0 bridgehead atoms. The average Bonchev–Trinajstić information content (AvgIpc) is 2.20. The smallest absolute Gasteiger partial charge is 0.149 e. The third-order valence-electron chi connectivity index (χ3n) is 2.35. The molecule has 1 rings (SSSR count). The molecular weight excluding hydrogens is 184 g/mol. The highest BCUT2D eigenvalue weighted by molar-refractivity contribution is 5.83. The summed E-state index contributed by atoms with van der Waals surface area (Å²) in [6, 6.07) is 6.20. The summed E-state index contributed by atoms with van der Waals surface area (Å²) in [6.45, 7) is 5.83. The van der Waals surface area contributed by atoms with E-state index in [4.69, 9.17) is 0 Å². The number of hydrogen-bond acceptors (Lipinski definition) is 1. The van der Waals surface area contributed by atoms with Crippen LogP contribution in [0.25, 0.3) is 0 Å². The molecule has 1 aromatic rings. The zero-order valence-corrected chi connectivity index (χ0v) is 9.55. The third kappa shape index (κ3) is 3.59. The predicted octanol–water partition coefficient (Wildman–Crippen LogP) is 2.83. The highest BCUT2D eigenvalue weighted by atomic mass is 16.1. The van der Waals surface area contributed by atoms with Crippen LogP contribution in [0.3, 0.4) is 0 Å². The van der Waals surface area contributed by atoms with E-state index in [0.29, 0.717) is 12.8 Å². The van der Waals surface area contributed by atoms with E-state index in [1.54, 1.807) is 6.92 Å². The van der Waals surface area contributed by atoms with E-state index >= 15 is 0 Å². The largest absolute Gasteiger partial charge is 0.298 e. The monoisotopic (exact) mass is 200 g/mol. The fourth-order valence-electron chi connectivity index (χ4n) is 1.45. The number of benzene rings is 1. The van der Waals surface area contributed by atoms with Crippen molar-refractivity contribution in [2.75, 3.05) is 0 Å². The Morgan fingerprint density at radius 1 is 1.33 bits per heavy atom. The summed E-state index contributed by atoms with van der Waals surface area (Å²) in [5.74, 6) is 5.73. The predicted molar refractivity (Wildman–Crippen MR) is 62.7 cm³/mol. The lowest BCUT2D eigenvalue weighted by Gasteiger charge is -2.04. The second kappa shape index (κ2) is 5.36. The second-order valence-electron chi connectivity index (χ2n) is 3.75. The van der Waals surface area contributed by atoms with Gasteiger partial charge in [-0.05, 0) is 31.9 Å². The van der Waals surface area contributed by atoms with Crippen LogP contribution in [0.1, 0.15) is 30.0 Å². The van der Waals surface area contributed by atoms with Crippen LogP contribution in [-0.2, 0) is 11.2 Å². The average molecular weight is 200 g/mol. The summed E-state index contributed by atoms with van der Waals surface area (Å²) in [7, 11) is 0. The molecule has 0 saturated heterocycles. The number of carbonyl (C=O) groups excluding carboxylic acids is 1. The van der Waals surface area contributed by atoms with Crippen LogP contribution in [0.5, 0.6) is 0 Å². The van der Waals surface area contributed by atoms with Gasteiger partial charge in [-0.1, -0.05) is 29.7 Å². The maximum Gasteiger partial charge on any atom is 0.149 e. The Bertz CT molecular complexity index is 419. The van der Waals surface area contributed by atoms with Gasteiger partial charge in [0.2, 0.25) is 0 Å².